The van der Waals surface area contributed by atoms with Gasteiger partial charge in [-0.3, -0.25) is 4.90 Å². The normalized spacial score (nSPS) is 16.0. The molecule has 2 N–H and O–H groups in total. The minimum Gasteiger partial charge on any atom is -0.459 e. The van der Waals surface area contributed by atoms with Gasteiger partial charge in [0.25, 0.3) is 0 Å². The van der Waals surface area contributed by atoms with Gasteiger partial charge in [0.2, 0.25) is 0 Å². The van der Waals surface area contributed by atoms with E-state index in [2.05, 4.69) is 29.2 Å². The smallest absolute Gasteiger partial charge is 0.340 e. The monoisotopic (exact) mass is 344 g/mol. The highest BCUT2D eigenvalue weighted by molar-refractivity contribution is 6.31. The highest BCUT2D eigenvalue weighted by Gasteiger charge is 2.23. The van der Waals surface area contributed by atoms with Crippen molar-refractivity contribution < 1.29 is 9.53 Å². The van der Waals surface area contributed by atoms with Crippen molar-refractivity contribution in [1.29, 1.82) is 0 Å². The van der Waals surface area contributed by atoms with Crippen LogP contribution < -0.4 is 5.73 Å². The van der Waals surface area contributed by atoms with Gasteiger partial charge in [-0.05, 0) is 36.6 Å². The van der Waals surface area contributed by atoms with Crippen molar-refractivity contribution in [2.75, 3.05) is 18.8 Å². The molecular formula is C19H21ClN2O2. The third kappa shape index (κ3) is 4.28. The predicted octanol–water partition coefficient (Wildman–Crippen LogP) is 3.74. The fourth-order valence-corrected chi connectivity index (χ4v) is 3.14. The van der Waals surface area contributed by atoms with Gasteiger partial charge < -0.3 is 10.5 Å². The first-order valence-corrected chi connectivity index (χ1v) is 8.52. The van der Waals surface area contributed by atoms with Crippen molar-refractivity contribution in [3.8, 4) is 0 Å². The first-order valence-electron chi connectivity index (χ1n) is 8.14. The Labute approximate surface area is 147 Å². The maximum atomic E-state index is 12.3. The molecule has 5 heteroatoms. The molecule has 2 aromatic rings. The van der Waals surface area contributed by atoms with Crippen LogP contribution in [0.3, 0.4) is 0 Å². The van der Waals surface area contributed by atoms with E-state index in [4.69, 9.17) is 22.1 Å². The summed E-state index contributed by atoms with van der Waals surface area (Å²) in [6.07, 6.45) is 1.62. The second-order valence-corrected chi connectivity index (χ2v) is 6.53. The van der Waals surface area contributed by atoms with Gasteiger partial charge in [0.1, 0.15) is 6.10 Å². The van der Waals surface area contributed by atoms with Gasteiger partial charge >= 0.3 is 5.97 Å². The number of anilines is 1. The van der Waals surface area contributed by atoms with Crippen molar-refractivity contribution in [1.82, 2.24) is 4.90 Å². The fraction of sp³-hybridized carbons (Fsp3) is 0.316. The van der Waals surface area contributed by atoms with E-state index in [1.54, 1.807) is 18.2 Å². The molecule has 0 amide bonds. The molecule has 126 valence electrons. The minimum absolute atomic E-state index is 0.0559. The summed E-state index contributed by atoms with van der Waals surface area (Å²) in [6.45, 7) is 2.78. The van der Waals surface area contributed by atoms with E-state index in [0.717, 1.165) is 32.5 Å². The second kappa shape index (κ2) is 7.69. The van der Waals surface area contributed by atoms with Crippen LogP contribution in [0.5, 0.6) is 0 Å². The molecule has 4 nitrogen and oxygen atoms in total. The average Bonchev–Trinajstić information content (AvgIpc) is 2.57. The summed E-state index contributed by atoms with van der Waals surface area (Å²) < 4.78 is 5.61. The van der Waals surface area contributed by atoms with E-state index in [9.17, 15) is 4.79 Å². The maximum absolute atomic E-state index is 12.3. The number of hydrogen-bond acceptors (Lipinski definition) is 4. The number of carbonyl (C=O) groups excluding carboxylic acids is 1. The van der Waals surface area contributed by atoms with Crippen molar-refractivity contribution in [2.24, 2.45) is 0 Å². The van der Waals surface area contributed by atoms with E-state index in [0.29, 0.717) is 16.3 Å². The summed E-state index contributed by atoms with van der Waals surface area (Å²) in [5.74, 6) is -0.370. The van der Waals surface area contributed by atoms with Gasteiger partial charge in [0.05, 0.1) is 5.56 Å². The Bertz CT molecular complexity index is 698. The van der Waals surface area contributed by atoms with E-state index < -0.39 is 0 Å². The Morgan fingerprint density at radius 2 is 1.88 bits per heavy atom. The average molecular weight is 345 g/mol. The fourth-order valence-electron chi connectivity index (χ4n) is 2.96. The van der Waals surface area contributed by atoms with Crippen molar-refractivity contribution in [2.45, 2.75) is 25.5 Å². The van der Waals surface area contributed by atoms with Crippen LogP contribution in [0.15, 0.2) is 48.5 Å². The van der Waals surface area contributed by atoms with Crippen LogP contribution in [0, 0.1) is 0 Å². The molecule has 1 heterocycles. The zero-order valence-corrected chi connectivity index (χ0v) is 14.2. The molecule has 0 unspecified atom stereocenters. The summed E-state index contributed by atoms with van der Waals surface area (Å²) >= 11 is 5.86. The molecule has 1 aliphatic rings. The van der Waals surface area contributed by atoms with Crippen molar-refractivity contribution in [3.05, 3.63) is 64.7 Å². The zero-order chi connectivity index (χ0) is 16.9. The lowest BCUT2D eigenvalue weighted by Crippen LogP contribution is -2.37. The lowest BCUT2D eigenvalue weighted by atomic mass is 10.1. The number of ether oxygens (including phenoxy) is 1. The molecule has 0 aliphatic carbocycles. The summed E-state index contributed by atoms with van der Waals surface area (Å²) in [6, 6.07) is 15.2. The molecule has 1 aliphatic heterocycles. The Kier molecular flexibility index (Phi) is 5.38. The maximum Gasteiger partial charge on any atom is 0.340 e. The Hall–Kier alpha value is -2.04. The van der Waals surface area contributed by atoms with Gasteiger partial charge in [-0.2, -0.15) is 0 Å². The van der Waals surface area contributed by atoms with Crippen LogP contribution in [-0.4, -0.2) is 30.1 Å². The van der Waals surface area contributed by atoms with Gasteiger partial charge in [0.15, 0.2) is 0 Å². The second-order valence-electron chi connectivity index (χ2n) is 6.10. The molecule has 0 atom stereocenters. The number of likely N-dealkylation sites (tertiary alicyclic amines) is 1. The zero-order valence-electron chi connectivity index (χ0n) is 13.5. The van der Waals surface area contributed by atoms with E-state index in [1.165, 1.54) is 5.56 Å². The van der Waals surface area contributed by atoms with Gasteiger partial charge in [0, 0.05) is 30.3 Å². The summed E-state index contributed by atoms with van der Waals surface area (Å²) in [4.78, 5) is 14.6. The van der Waals surface area contributed by atoms with E-state index in [-0.39, 0.29) is 12.1 Å². The Balaban J connectivity index is 1.51. The number of nitrogens with two attached hydrogens (primary N) is 1. The predicted molar refractivity (Wildman–Crippen MR) is 96.0 cm³/mol. The quantitative estimate of drug-likeness (QED) is 0.678. The van der Waals surface area contributed by atoms with Crippen molar-refractivity contribution >= 4 is 23.3 Å². The number of halogens is 1. The largest absolute Gasteiger partial charge is 0.459 e. The first kappa shape index (κ1) is 16.8. The molecule has 0 spiro atoms. The van der Waals surface area contributed by atoms with E-state index in [1.807, 2.05) is 6.07 Å². The van der Waals surface area contributed by atoms with Crippen molar-refractivity contribution in [3.63, 3.8) is 0 Å². The number of nitrogens with zero attached hydrogens (tertiary/aromatic N) is 1. The van der Waals surface area contributed by atoms with Gasteiger partial charge in [-0.25, -0.2) is 4.79 Å². The molecule has 1 saturated heterocycles. The first-order chi connectivity index (χ1) is 11.6. The molecule has 1 fully saturated rings. The topological polar surface area (TPSA) is 55.6 Å². The molecular weight excluding hydrogens is 324 g/mol. The lowest BCUT2D eigenvalue weighted by Gasteiger charge is -2.31. The van der Waals surface area contributed by atoms with Crippen LogP contribution in [0.2, 0.25) is 5.02 Å². The van der Waals surface area contributed by atoms with Crippen LogP contribution in [0.25, 0.3) is 0 Å². The van der Waals surface area contributed by atoms with Crippen LogP contribution in [0.1, 0.15) is 28.8 Å². The number of nitrogen functional groups attached to an aromatic ring is 1. The third-order valence-electron chi connectivity index (χ3n) is 4.29. The third-order valence-corrected chi connectivity index (χ3v) is 4.53. The Morgan fingerprint density at radius 3 is 2.54 bits per heavy atom. The summed E-state index contributed by atoms with van der Waals surface area (Å²) in [5.41, 5.74) is 7.89. The number of hydrogen-bond donors (Lipinski definition) is 1. The molecule has 0 bridgehead atoms. The summed E-state index contributed by atoms with van der Waals surface area (Å²) in [7, 11) is 0. The van der Waals surface area contributed by atoms with E-state index >= 15 is 0 Å². The molecule has 24 heavy (non-hydrogen) atoms. The van der Waals surface area contributed by atoms with Gasteiger partial charge in [-0.1, -0.05) is 41.9 Å². The van der Waals surface area contributed by atoms with Gasteiger partial charge in [-0.15, -0.1) is 0 Å². The number of benzene rings is 2. The number of carbonyl (C=O) groups is 1. The standard InChI is InChI=1S/C19H21ClN2O2/c20-15-6-7-17(18(21)12-15)19(23)24-16-8-10-22(11-9-16)13-14-4-2-1-3-5-14/h1-7,12,16H,8-11,13,21H2. The number of rotatable bonds is 4. The highest BCUT2D eigenvalue weighted by atomic mass is 35.5. The van der Waals surface area contributed by atoms with Crippen LogP contribution in [0.4, 0.5) is 5.69 Å². The SMILES string of the molecule is Nc1cc(Cl)ccc1C(=O)OC1CCN(Cc2ccccc2)CC1. The molecule has 2 aromatic carbocycles. The Morgan fingerprint density at radius 1 is 1.17 bits per heavy atom. The molecule has 0 radical (unpaired) electrons. The lowest BCUT2D eigenvalue weighted by molar-refractivity contribution is 0.0105. The summed E-state index contributed by atoms with van der Waals surface area (Å²) in [5, 5.41) is 0.512. The van der Waals surface area contributed by atoms with Crippen LogP contribution >= 0.6 is 11.6 Å². The number of esters is 1. The minimum atomic E-state index is -0.370. The molecule has 0 aromatic heterocycles. The molecule has 0 saturated carbocycles. The number of piperidine rings is 1. The highest BCUT2D eigenvalue weighted by Crippen LogP contribution is 2.22. The van der Waals surface area contributed by atoms with Crippen LogP contribution in [-0.2, 0) is 11.3 Å². The molecule has 3 rings (SSSR count).